The predicted octanol–water partition coefficient (Wildman–Crippen LogP) is 3.75. The molecule has 2 rings (SSSR count). The summed E-state index contributed by atoms with van der Waals surface area (Å²) in [6, 6.07) is 10.4. The number of pyridine rings is 1. The number of rotatable bonds is 2. The minimum absolute atomic E-state index is 0.179. The van der Waals surface area contributed by atoms with E-state index in [0.717, 1.165) is 4.47 Å². The molecule has 1 heterocycles. The van der Waals surface area contributed by atoms with Crippen molar-refractivity contribution in [2.24, 2.45) is 0 Å². The maximum absolute atomic E-state index is 11.8. The van der Waals surface area contributed by atoms with E-state index in [4.69, 9.17) is 11.6 Å². The third-order valence-corrected chi connectivity index (χ3v) is 2.84. The summed E-state index contributed by atoms with van der Waals surface area (Å²) in [5, 5.41) is 3.12. The molecule has 3 nitrogen and oxygen atoms in total. The Morgan fingerprint density at radius 2 is 1.88 bits per heavy atom. The van der Waals surface area contributed by atoms with Crippen LogP contribution in [0.2, 0.25) is 5.15 Å². The number of anilines is 1. The number of carbonyl (C=O) groups excluding carboxylic acids is 1. The van der Waals surface area contributed by atoms with Gasteiger partial charge in [0, 0.05) is 10.0 Å². The first-order valence-corrected chi connectivity index (χ1v) is 6.01. The van der Waals surface area contributed by atoms with Gasteiger partial charge in [0.05, 0.1) is 11.9 Å². The fraction of sp³-hybridized carbons (Fsp3) is 0. The van der Waals surface area contributed by atoms with Crippen molar-refractivity contribution >= 4 is 39.1 Å². The van der Waals surface area contributed by atoms with Crippen LogP contribution in [0.25, 0.3) is 0 Å². The third kappa shape index (κ3) is 3.28. The highest BCUT2D eigenvalue weighted by Gasteiger charge is 2.05. The molecule has 2 aromatic rings. The highest BCUT2D eigenvalue weighted by molar-refractivity contribution is 9.10. The van der Waals surface area contributed by atoms with Gasteiger partial charge in [0.2, 0.25) is 0 Å². The normalized spacial score (nSPS) is 10.0. The molecule has 0 fully saturated rings. The summed E-state index contributed by atoms with van der Waals surface area (Å²) in [5.41, 5.74) is 1.20. The Balaban J connectivity index is 2.11. The van der Waals surface area contributed by atoms with Crippen molar-refractivity contribution in [2.45, 2.75) is 0 Å². The van der Waals surface area contributed by atoms with Gasteiger partial charge in [-0.25, -0.2) is 4.98 Å². The van der Waals surface area contributed by atoms with Gasteiger partial charge in [-0.15, -0.1) is 0 Å². The molecule has 0 aliphatic rings. The van der Waals surface area contributed by atoms with Crippen LogP contribution < -0.4 is 5.32 Å². The quantitative estimate of drug-likeness (QED) is 0.858. The first-order chi connectivity index (χ1) is 8.15. The molecular formula is C12H8BrClN2O. The van der Waals surface area contributed by atoms with Gasteiger partial charge in [0.25, 0.3) is 5.91 Å². The van der Waals surface area contributed by atoms with Gasteiger partial charge < -0.3 is 5.32 Å². The molecule has 0 saturated heterocycles. The number of nitrogens with zero attached hydrogens (tertiary/aromatic N) is 1. The SMILES string of the molecule is O=C(Nc1ccc(Cl)nc1)c1ccc(Br)cc1. The molecule has 0 aliphatic carbocycles. The van der Waals surface area contributed by atoms with E-state index in [-0.39, 0.29) is 5.91 Å². The summed E-state index contributed by atoms with van der Waals surface area (Å²) < 4.78 is 0.933. The molecule has 1 aromatic carbocycles. The Morgan fingerprint density at radius 1 is 1.18 bits per heavy atom. The predicted molar refractivity (Wildman–Crippen MR) is 71.3 cm³/mol. The lowest BCUT2D eigenvalue weighted by Gasteiger charge is -2.04. The Morgan fingerprint density at radius 3 is 2.47 bits per heavy atom. The molecule has 1 amide bonds. The van der Waals surface area contributed by atoms with Gasteiger partial charge in [0.15, 0.2) is 0 Å². The summed E-state index contributed by atoms with van der Waals surface area (Å²) in [6.45, 7) is 0. The Bertz CT molecular complexity index is 525. The number of nitrogens with one attached hydrogen (secondary N) is 1. The van der Waals surface area contributed by atoms with Crippen molar-refractivity contribution in [3.8, 4) is 0 Å². The average Bonchev–Trinajstić information content (AvgIpc) is 2.33. The van der Waals surface area contributed by atoms with E-state index in [1.807, 2.05) is 12.1 Å². The number of benzene rings is 1. The largest absolute Gasteiger partial charge is 0.321 e. The molecule has 0 radical (unpaired) electrons. The van der Waals surface area contributed by atoms with Gasteiger partial charge in [-0.2, -0.15) is 0 Å². The van der Waals surface area contributed by atoms with Gasteiger partial charge in [-0.1, -0.05) is 27.5 Å². The number of carbonyl (C=O) groups is 1. The monoisotopic (exact) mass is 310 g/mol. The van der Waals surface area contributed by atoms with Crippen molar-refractivity contribution in [2.75, 3.05) is 5.32 Å². The highest BCUT2D eigenvalue weighted by Crippen LogP contribution is 2.13. The van der Waals surface area contributed by atoms with Crippen LogP contribution in [0.3, 0.4) is 0 Å². The van der Waals surface area contributed by atoms with E-state index < -0.39 is 0 Å². The van der Waals surface area contributed by atoms with E-state index in [2.05, 4.69) is 26.2 Å². The van der Waals surface area contributed by atoms with Crippen molar-refractivity contribution in [1.82, 2.24) is 4.98 Å². The van der Waals surface area contributed by atoms with Crippen LogP contribution in [-0.4, -0.2) is 10.9 Å². The van der Waals surface area contributed by atoms with E-state index in [9.17, 15) is 4.79 Å². The Hall–Kier alpha value is -1.39. The minimum atomic E-state index is -0.179. The first-order valence-electron chi connectivity index (χ1n) is 4.83. The number of hydrogen-bond acceptors (Lipinski definition) is 2. The van der Waals surface area contributed by atoms with Gasteiger partial charge in [0.1, 0.15) is 5.15 Å². The number of aromatic nitrogens is 1. The van der Waals surface area contributed by atoms with Crippen LogP contribution in [0.4, 0.5) is 5.69 Å². The molecule has 1 N–H and O–H groups in total. The fourth-order valence-corrected chi connectivity index (χ4v) is 1.63. The minimum Gasteiger partial charge on any atom is -0.321 e. The smallest absolute Gasteiger partial charge is 0.255 e. The zero-order valence-electron chi connectivity index (χ0n) is 8.65. The van der Waals surface area contributed by atoms with Crippen molar-refractivity contribution in [1.29, 1.82) is 0 Å². The van der Waals surface area contributed by atoms with Crippen LogP contribution >= 0.6 is 27.5 Å². The van der Waals surface area contributed by atoms with Crippen LogP contribution in [0.1, 0.15) is 10.4 Å². The van der Waals surface area contributed by atoms with Crippen molar-refractivity contribution < 1.29 is 4.79 Å². The first kappa shape index (κ1) is 12.1. The zero-order valence-corrected chi connectivity index (χ0v) is 11.0. The fourth-order valence-electron chi connectivity index (χ4n) is 1.25. The highest BCUT2D eigenvalue weighted by atomic mass is 79.9. The summed E-state index contributed by atoms with van der Waals surface area (Å²) in [5.74, 6) is -0.179. The maximum atomic E-state index is 11.8. The lowest BCUT2D eigenvalue weighted by molar-refractivity contribution is 0.102. The Labute approximate surface area is 112 Å². The molecule has 0 aliphatic heterocycles. The summed E-state index contributed by atoms with van der Waals surface area (Å²) in [4.78, 5) is 15.7. The number of halogens is 2. The molecule has 0 unspecified atom stereocenters. The number of amides is 1. The van der Waals surface area contributed by atoms with Gasteiger partial charge in [-0.3, -0.25) is 4.79 Å². The third-order valence-electron chi connectivity index (χ3n) is 2.09. The molecule has 0 bridgehead atoms. The Kier molecular flexibility index (Phi) is 3.76. The summed E-state index contributed by atoms with van der Waals surface area (Å²) in [6.07, 6.45) is 1.51. The second kappa shape index (κ2) is 5.29. The molecule has 5 heteroatoms. The van der Waals surface area contributed by atoms with E-state index in [1.54, 1.807) is 24.3 Å². The lowest BCUT2D eigenvalue weighted by Crippen LogP contribution is -2.11. The standard InChI is InChI=1S/C12H8BrClN2O/c13-9-3-1-8(2-4-9)12(17)16-10-5-6-11(14)15-7-10/h1-7H,(H,16,17). The van der Waals surface area contributed by atoms with Crippen LogP contribution in [0, 0.1) is 0 Å². The van der Waals surface area contributed by atoms with Crippen LogP contribution in [0.15, 0.2) is 47.1 Å². The molecule has 0 atom stereocenters. The second-order valence-corrected chi connectivity index (χ2v) is 4.63. The number of hydrogen-bond donors (Lipinski definition) is 1. The maximum Gasteiger partial charge on any atom is 0.255 e. The molecular weight excluding hydrogens is 304 g/mol. The molecule has 86 valence electrons. The van der Waals surface area contributed by atoms with E-state index >= 15 is 0 Å². The van der Waals surface area contributed by atoms with Gasteiger partial charge in [-0.05, 0) is 36.4 Å². The zero-order chi connectivity index (χ0) is 12.3. The van der Waals surface area contributed by atoms with Crippen LogP contribution in [0.5, 0.6) is 0 Å². The van der Waals surface area contributed by atoms with Gasteiger partial charge >= 0.3 is 0 Å². The molecule has 0 saturated carbocycles. The lowest BCUT2D eigenvalue weighted by atomic mass is 10.2. The van der Waals surface area contributed by atoms with Crippen LogP contribution in [-0.2, 0) is 0 Å². The van der Waals surface area contributed by atoms with E-state index in [0.29, 0.717) is 16.4 Å². The molecule has 0 spiro atoms. The molecule has 1 aromatic heterocycles. The van der Waals surface area contributed by atoms with Crippen molar-refractivity contribution in [3.05, 3.63) is 57.8 Å². The van der Waals surface area contributed by atoms with Crippen molar-refractivity contribution in [3.63, 3.8) is 0 Å². The summed E-state index contributed by atoms with van der Waals surface area (Å²) in [7, 11) is 0. The van der Waals surface area contributed by atoms with E-state index in [1.165, 1.54) is 6.20 Å². The summed E-state index contributed by atoms with van der Waals surface area (Å²) >= 11 is 8.97. The average molecular weight is 312 g/mol. The topological polar surface area (TPSA) is 42.0 Å². The second-order valence-electron chi connectivity index (χ2n) is 3.33. The molecule has 17 heavy (non-hydrogen) atoms.